The summed E-state index contributed by atoms with van der Waals surface area (Å²) in [4.78, 5) is 16.5. The number of fused-ring (bicyclic) bond motifs is 1. The summed E-state index contributed by atoms with van der Waals surface area (Å²) < 4.78 is 14.2. The van der Waals surface area contributed by atoms with E-state index < -0.39 is 0 Å². The maximum atomic E-state index is 12.8. The Morgan fingerprint density at radius 1 is 1.15 bits per heavy atom. The van der Waals surface area contributed by atoms with Gasteiger partial charge in [-0.3, -0.25) is 4.79 Å². The molecule has 4 nitrogen and oxygen atoms in total. The van der Waals surface area contributed by atoms with E-state index in [0.29, 0.717) is 11.0 Å². The van der Waals surface area contributed by atoms with Crippen molar-refractivity contribution in [2.45, 2.75) is 6.42 Å². The molecule has 0 aliphatic rings. The van der Waals surface area contributed by atoms with Crippen molar-refractivity contribution >= 4 is 22.9 Å². The van der Waals surface area contributed by atoms with Crippen LogP contribution in [0.25, 0.3) is 11.0 Å². The summed E-state index contributed by atoms with van der Waals surface area (Å²) in [5, 5.41) is 0. The average molecular weight is 269 g/mol. The number of nitrogens with zero attached hydrogens (tertiary/aromatic N) is 2. The number of rotatable bonds is 2. The van der Waals surface area contributed by atoms with Gasteiger partial charge in [-0.25, -0.2) is 13.9 Å². The third-order valence-electron chi connectivity index (χ3n) is 3.10. The zero-order valence-electron chi connectivity index (χ0n) is 10.6. The molecule has 3 aromatic rings. The molecule has 0 aliphatic carbocycles. The summed E-state index contributed by atoms with van der Waals surface area (Å²) in [6, 6.07) is 13.1. The van der Waals surface area contributed by atoms with Crippen molar-refractivity contribution in [3.8, 4) is 0 Å². The molecule has 0 unspecified atom stereocenters. The number of anilines is 1. The van der Waals surface area contributed by atoms with Crippen LogP contribution in [0.15, 0.2) is 48.5 Å². The van der Waals surface area contributed by atoms with Gasteiger partial charge in [0.15, 0.2) is 0 Å². The Morgan fingerprint density at radius 3 is 2.60 bits per heavy atom. The van der Waals surface area contributed by atoms with Crippen molar-refractivity contribution in [1.29, 1.82) is 0 Å². The number of carbonyl (C=O) groups excluding carboxylic acids is 1. The fraction of sp³-hybridized carbons (Fsp3) is 0.0667. The Hall–Kier alpha value is -2.69. The summed E-state index contributed by atoms with van der Waals surface area (Å²) in [5.41, 5.74) is 7.89. The van der Waals surface area contributed by atoms with Crippen LogP contribution in [0.2, 0.25) is 0 Å². The molecule has 0 bridgehead atoms. The van der Waals surface area contributed by atoms with Gasteiger partial charge in [-0.05, 0) is 29.8 Å². The first kappa shape index (κ1) is 12.3. The van der Waals surface area contributed by atoms with Gasteiger partial charge in [0, 0.05) is 0 Å². The summed E-state index contributed by atoms with van der Waals surface area (Å²) >= 11 is 0. The van der Waals surface area contributed by atoms with Gasteiger partial charge in [0.25, 0.3) is 0 Å². The van der Waals surface area contributed by atoms with Gasteiger partial charge in [-0.2, -0.15) is 0 Å². The summed E-state index contributed by atoms with van der Waals surface area (Å²) in [6.07, 6.45) is 0.144. The van der Waals surface area contributed by atoms with Crippen LogP contribution in [-0.2, 0) is 6.42 Å². The molecule has 1 heterocycles. The lowest BCUT2D eigenvalue weighted by Crippen LogP contribution is -2.15. The van der Waals surface area contributed by atoms with E-state index in [1.165, 1.54) is 16.7 Å². The highest BCUT2D eigenvalue weighted by atomic mass is 19.1. The Balaban J connectivity index is 1.96. The topological polar surface area (TPSA) is 60.9 Å². The number of hydrogen-bond acceptors (Lipinski definition) is 3. The van der Waals surface area contributed by atoms with E-state index in [4.69, 9.17) is 5.73 Å². The van der Waals surface area contributed by atoms with Gasteiger partial charge in [0.05, 0.1) is 17.5 Å². The molecule has 0 radical (unpaired) electrons. The molecule has 0 fully saturated rings. The second-order valence-corrected chi connectivity index (χ2v) is 4.49. The first-order valence-electron chi connectivity index (χ1n) is 6.16. The van der Waals surface area contributed by atoms with Crippen LogP contribution < -0.4 is 5.73 Å². The normalized spacial score (nSPS) is 10.8. The molecule has 0 aliphatic heterocycles. The van der Waals surface area contributed by atoms with Crippen LogP contribution >= 0.6 is 0 Å². The molecule has 0 atom stereocenters. The van der Waals surface area contributed by atoms with Crippen LogP contribution in [0.4, 0.5) is 10.3 Å². The molecule has 1 aromatic heterocycles. The lowest BCUT2D eigenvalue weighted by Gasteiger charge is -2.05. The van der Waals surface area contributed by atoms with E-state index in [1.807, 2.05) is 12.1 Å². The van der Waals surface area contributed by atoms with E-state index in [2.05, 4.69) is 4.98 Å². The molecule has 20 heavy (non-hydrogen) atoms. The molecule has 0 amide bonds. The Kier molecular flexibility index (Phi) is 2.95. The first-order chi connectivity index (χ1) is 9.65. The first-order valence-corrected chi connectivity index (χ1v) is 6.16. The van der Waals surface area contributed by atoms with E-state index in [9.17, 15) is 9.18 Å². The van der Waals surface area contributed by atoms with Crippen molar-refractivity contribution in [2.75, 3.05) is 5.73 Å². The van der Waals surface area contributed by atoms with Gasteiger partial charge in [-0.15, -0.1) is 0 Å². The largest absolute Gasteiger partial charge is 0.369 e. The minimum absolute atomic E-state index is 0.144. The van der Waals surface area contributed by atoms with E-state index in [-0.39, 0.29) is 24.1 Å². The number of imidazole rings is 1. The maximum Gasteiger partial charge on any atom is 0.238 e. The Labute approximate surface area is 114 Å². The lowest BCUT2D eigenvalue weighted by molar-refractivity contribution is 0.0921. The predicted octanol–water partition coefficient (Wildman–Crippen LogP) is 2.64. The van der Waals surface area contributed by atoms with Crippen LogP contribution in [0.3, 0.4) is 0 Å². The molecule has 0 saturated carbocycles. The molecule has 0 spiro atoms. The monoisotopic (exact) mass is 269 g/mol. The summed E-state index contributed by atoms with van der Waals surface area (Å²) in [5.74, 6) is -0.352. The number of benzene rings is 2. The van der Waals surface area contributed by atoms with Crippen molar-refractivity contribution in [2.24, 2.45) is 0 Å². The number of aromatic nitrogens is 2. The number of carbonyl (C=O) groups is 1. The van der Waals surface area contributed by atoms with Crippen molar-refractivity contribution in [3.63, 3.8) is 0 Å². The van der Waals surface area contributed by atoms with Gasteiger partial charge in [-0.1, -0.05) is 24.3 Å². The number of nitrogens with two attached hydrogens (primary N) is 1. The standard InChI is InChI=1S/C15H12FN3O/c16-11-7-5-10(6-8-11)9-14(20)19-13-4-2-1-3-12(13)18-15(19)17/h1-8H,9H2,(H2,17,18). The van der Waals surface area contributed by atoms with Crippen molar-refractivity contribution in [3.05, 3.63) is 59.9 Å². The van der Waals surface area contributed by atoms with Crippen molar-refractivity contribution < 1.29 is 9.18 Å². The van der Waals surface area contributed by atoms with E-state index in [0.717, 1.165) is 5.56 Å². The fourth-order valence-electron chi connectivity index (χ4n) is 2.16. The number of para-hydroxylation sites is 2. The van der Waals surface area contributed by atoms with E-state index in [1.54, 1.807) is 24.3 Å². The molecular weight excluding hydrogens is 257 g/mol. The molecule has 0 saturated heterocycles. The van der Waals surface area contributed by atoms with Gasteiger partial charge < -0.3 is 5.73 Å². The van der Waals surface area contributed by atoms with Crippen LogP contribution in [-0.4, -0.2) is 15.5 Å². The number of nitrogen functional groups attached to an aromatic ring is 1. The molecular formula is C15H12FN3O. The van der Waals surface area contributed by atoms with Crippen molar-refractivity contribution in [1.82, 2.24) is 9.55 Å². The highest BCUT2D eigenvalue weighted by Crippen LogP contribution is 2.18. The van der Waals surface area contributed by atoms with Gasteiger partial charge in [0.1, 0.15) is 5.82 Å². The molecule has 100 valence electrons. The Bertz CT molecular complexity index is 777. The minimum atomic E-state index is -0.325. The smallest absolute Gasteiger partial charge is 0.238 e. The van der Waals surface area contributed by atoms with Gasteiger partial charge >= 0.3 is 0 Å². The average Bonchev–Trinajstić information content (AvgIpc) is 2.77. The lowest BCUT2D eigenvalue weighted by atomic mass is 10.1. The molecule has 2 aromatic carbocycles. The highest BCUT2D eigenvalue weighted by molar-refractivity contribution is 5.94. The second-order valence-electron chi connectivity index (χ2n) is 4.49. The number of hydrogen-bond donors (Lipinski definition) is 1. The molecule has 2 N–H and O–H groups in total. The van der Waals surface area contributed by atoms with Crippen LogP contribution in [0.1, 0.15) is 10.4 Å². The zero-order chi connectivity index (χ0) is 14.1. The van der Waals surface area contributed by atoms with Gasteiger partial charge in [0.2, 0.25) is 11.9 Å². The number of halogens is 1. The fourth-order valence-corrected chi connectivity index (χ4v) is 2.16. The minimum Gasteiger partial charge on any atom is -0.369 e. The summed E-state index contributed by atoms with van der Waals surface area (Å²) in [6.45, 7) is 0. The molecule has 3 rings (SSSR count). The van der Waals surface area contributed by atoms with Crippen LogP contribution in [0.5, 0.6) is 0 Å². The maximum absolute atomic E-state index is 12.8. The van der Waals surface area contributed by atoms with Crippen LogP contribution in [0, 0.1) is 5.82 Å². The third-order valence-corrected chi connectivity index (χ3v) is 3.10. The van der Waals surface area contributed by atoms with E-state index >= 15 is 0 Å². The Morgan fingerprint density at radius 2 is 1.85 bits per heavy atom. The molecule has 5 heteroatoms. The summed E-state index contributed by atoms with van der Waals surface area (Å²) in [7, 11) is 0. The SMILES string of the molecule is Nc1nc2ccccc2n1C(=O)Cc1ccc(F)cc1. The predicted molar refractivity (Wildman–Crippen MR) is 74.9 cm³/mol. The quantitative estimate of drug-likeness (QED) is 0.778. The zero-order valence-corrected chi connectivity index (χ0v) is 10.6. The third kappa shape index (κ3) is 2.14. The second kappa shape index (κ2) is 4.77. The highest BCUT2D eigenvalue weighted by Gasteiger charge is 2.14.